The lowest BCUT2D eigenvalue weighted by Crippen LogP contribution is -2.15. The first-order chi connectivity index (χ1) is 17.0. The molecule has 0 radical (unpaired) electrons. The molecule has 0 fully saturated rings. The molecule has 0 unspecified atom stereocenters. The van der Waals surface area contributed by atoms with E-state index in [0.29, 0.717) is 10.5 Å². The van der Waals surface area contributed by atoms with Crippen LogP contribution in [0.15, 0.2) is 75.9 Å². The zero-order chi connectivity index (χ0) is 24.5. The topological polar surface area (TPSA) is 95.7 Å². The largest absolute Gasteiger partial charge is 0.460 e. The summed E-state index contributed by atoms with van der Waals surface area (Å²) in [5, 5.41) is 0.791. The lowest BCUT2D eigenvalue weighted by Gasteiger charge is -2.09. The molecule has 2 heterocycles. The third-order valence-electron chi connectivity index (χ3n) is 5.14. The summed E-state index contributed by atoms with van der Waals surface area (Å²) in [6.07, 6.45) is 0. The van der Waals surface area contributed by atoms with Crippen LogP contribution in [0.3, 0.4) is 0 Å². The number of ether oxygens (including phenoxy) is 2. The molecule has 0 aliphatic carbocycles. The summed E-state index contributed by atoms with van der Waals surface area (Å²) in [5.74, 6) is -1.61. The number of carbonyl (C=O) groups excluding carboxylic acids is 2. The number of hydrogen-bond acceptors (Lipinski definition) is 8. The molecule has 3 aromatic carbocycles. The standard InChI is InChI=1S/C26H16ClNO6S/c1-2-32-26(31)23-21(24-28-18-9-5-6-10-20(18)35-24)22(29)16-12-11-14(13-19(16)34-23)33-25(30)15-7-3-4-8-17(15)27/h3-13H,2H2,1H3. The number of esters is 2. The van der Waals surface area contributed by atoms with Gasteiger partial charge in [-0.2, -0.15) is 0 Å². The molecule has 0 saturated heterocycles. The second-order valence-electron chi connectivity index (χ2n) is 7.37. The molecule has 0 N–H and O–H groups in total. The zero-order valence-corrected chi connectivity index (χ0v) is 19.8. The quantitative estimate of drug-likeness (QED) is 0.210. The highest BCUT2D eigenvalue weighted by Crippen LogP contribution is 2.33. The molecular formula is C26H16ClNO6S. The number of rotatable bonds is 5. The highest BCUT2D eigenvalue weighted by molar-refractivity contribution is 7.21. The maximum absolute atomic E-state index is 13.5. The van der Waals surface area contributed by atoms with Gasteiger partial charge < -0.3 is 13.9 Å². The first-order valence-corrected chi connectivity index (χ1v) is 11.8. The second kappa shape index (κ2) is 9.32. The predicted molar refractivity (Wildman–Crippen MR) is 133 cm³/mol. The van der Waals surface area contributed by atoms with Gasteiger partial charge in [-0.05, 0) is 43.3 Å². The maximum Gasteiger partial charge on any atom is 0.375 e. The van der Waals surface area contributed by atoms with Crippen LogP contribution in [0.4, 0.5) is 0 Å². The number of hydrogen-bond donors (Lipinski definition) is 0. The van der Waals surface area contributed by atoms with Crippen molar-refractivity contribution in [2.75, 3.05) is 6.61 Å². The van der Waals surface area contributed by atoms with E-state index in [-0.39, 0.29) is 45.2 Å². The highest BCUT2D eigenvalue weighted by Gasteiger charge is 2.26. The van der Waals surface area contributed by atoms with Gasteiger partial charge >= 0.3 is 11.9 Å². The zero-order valence-electron chi connectivity index (χ0n) is 18.2. The molecule has 7 nitrogen and oxygen atoms in total. The second-order valence-corrected chi connectivity index (χ2v) is 8.81. The van der Waals surface area contributed by atoms with Gasteiger partial charge in [0, 0.05) is 6.07 Å². The molecule has 9 heteroatoms. The minimum atomic E-state index is -0.792. The van der Waals surface area contributed by atoms with Gasteiger partial charge in [0.25, 0.3) is 0 Å². The number of nitrogens with zero attached hydrogens (tertiary/aromatic N) is 1. The van der Waals surface area contributed by atoms with E-state index >= 15 is 0 Å². The number of halogens is 1. The number of para-hydroxylation sites is 1. The Hall–Kier alpha value is -4.01. The van der Waals surface area contributed by atoms with Gasteiger partial charge in [0.15, 0.2) is 0 Å². The number of carbonyl (C=O) groups is 2. The minimum Gasteiger partial charge on any atom is -0.460 e. The summed E-state index contributed by atoms with van der Waals surface area (Å²) in [7, 11) is 0. The van der Waals surface area contributed by atoms with E-state index in [4.69, 9.17) is 25.5 Å². The number of benzene rings is 3. The fourth-order valence-corrected chi connectivity index (χ4v) is 4.76. The van der Waals surface area contributed by atoms with Gasteiger partial charge in [-0.25, -0.2) is 14.6 Å². The number of aromatic nitrogens is 1. The van der Waals surface area contributed by atoms with Gasteiger partial charge in [0.1, 0.15) is 21.9 Å². The first-order valence-electron chi connectivity index (χ1n) is 10.6. The van der Waals surface area contributed by atoms with Crippen LogP contribution in [-0.2, 0) is 4.74 Å². The van der Waals surface area contributed by atoms with Crippen LogP contribution >= 0.6 is 22.9 Å². The summed E-state index contributed by atoms with van der Waals surface area (Å²) >= 11 is 7.35. The molecule has 5 rings (SSSR count). The molecule has 0 aliphatic rings. The van der Waals surface area contributed by atoms with Gasteiger partial charge in [-0.1, -0.05) is 35.9 Å². The van der Waals surface area contributed by atoms with Crippen molar-refractivity contribution in [3.8, 4) is 16.3 Å². The Morgan fingerprint density at radius 1 is 1.03 bits per heavy atom. The monoisotopic (exact) mass is 505 g/mol. The minimum absolute atomic E-state index is 0.0259. The van der Waals surface area contributed by atoms with E-state index in [1.165, 1.54) is 35.6 Å². The van der Waals surface area contributed by atoms with Gasteiger partial charge in [0.05, 0.1) is 32.8 Å². The Balaban J connectivity index is 1.63. The summed E-state index contributed by atoms with van der Waals surface area (Å²) in [6.45, 7) is 1.75. The summed E-state index contributed by atoms with van der Waals surface area (Å²) in [5.41, 5.74) is 0.528. The maximum atomic E-state index is 13.5. The van der Waals surface area contributed by atoms with Crippen molar-refractivity contribution in [1.29, 1.82) is 0 Å². The van der Waals surface area contributed by atoms with Crippen molar-refractivity contribution in [3.05, 3.63) is 93.3 Å². The summed E-state index contributed by atoms with van der Waals surface area (Å²) in [6, 6.07) is 18.2. The SMILES string of the molecule is CCOC(=O)c1oc2cc(OC(=O)c3ccccc3Cl)ccc2c(=O)c1-c1nc2ccccc2s1. The van der Waals surface area contributed by atoms with Crippen LogP contribution in [-0.4, -0.2) is 23.5 Å². The van der Waals surface area contributed by atoms with Crippen LogP contribution in [0.5, 0.6) is 5.75 Å². The molecule has 5 aromatic rings. The number of thiazole rings is 1. The van der Waals surface area contributed by atoms with Gasteiger partial charge in [-0.3, -0.25) is 4.79 Å². The smallest absolute Gasteiger partial charge is 0.375 e. The molecule has 0 aliphatic heterocycles. The van der Waals surface area contributed by atoms with Crippen molar-refractivity contribution < 1.29 is 23.5 Å². The van der Waals surface area contributed by atoms with E-state index in [9.17, 15) is 14.4 Å². The van der Waals surface area contributed by atoms with Gasteiger partial charge in [0.2, 0.25) is 11.2 Å². The molecule has 174 valence electrons. The Morgan fingerprint density at radius 2 is 1.80 bits per heavy atom. The molecule has 0 bridgehead atoms. The Labute approximate surface area is 207 Å². The fraction of sp³-hybridized carbons (Fsp3) is 0.0769. The first kappa shape index (κ1) is 22.8. The van der Waals surface area contributed by atoms with E-state index in [1.54, 1.807) is 25.1 Å². The number of fused-ring (bicyclic) bond motifs is 2. The average molecular weight is 506 g/mol. The Kier molecular flexibility index (Phi) is 6.07. The van der Waals surface area contributed by atoms with E-state index in [0.717, 1.165) is 4.70 Å². The average Bonchev–Trinajstić information content (AvgIpc) is 3.28. The molecule has 0 spiro atoms. The van der Waals surface area contributed by atoms with Crippen molar-refractivity contribution in [1.82, 2.24) is 4.98 Å². The Bertz CT molecular complexity index is 1640. The molecular weight excluding hydrogens is 490 g/mol. The molecule has 0 amide bonds. The van der Waals surface area contributed by atoms with Crippen molar-refractivity contribution in [2.45, 2.75) is 6.92 Å². The molecule has 0 saturated carbocycles. The summed E-state index contributed by atoms with van der Waals surface area (Å²) < 4.78 is 17.3. The van der Waals surface area contributed by atoms with Crippen molar-refractivity contribution in [3.63, 3.8) is 0 Å². The third-order valence-corrected chi connectivity index (χ3v) is 6.52. The normalized spacial score (nSPS) is 11.0. The third kappa shape index (κ3) is 4.29. The van der Waals surface area contributed by atoms with Crippen LogP contribution in [0.25, 0.3) is 31.8 Å². The lowest BCUT2D eigenvalue weighted by molar-refractivity contribution is 0.0491. The van der Waals surface area contributed by atoms with E-state index in [1.807, 2.05) is 24.3 Å². The Morgan fingerprint density at radius 3 is 2.57 bits per heavy atom. The lowest BCUT2D eigenvalue weighted by atomic mass is 10.1. The van der Waals surface area contributed by atoms with Crippen LogP contribution in [0.1, 0.15) is 27.8 Å². The van der Waals surface area contributed by atoms with Gasteiger partial charge in [-0.15, -0.1) is 11.3 Å². The fourth-order valence-electron chi connectivity index (χ4n) is 3.54. The molecule has 2 aromatic heterocycles. The van der Waals surface area contributed by atoms with Crippen LogP contribution in [0.2, 0.25) is 5.02 Å². The molecule has 35 heavy (non-hydrogen) atoms. The predicted octanol–water partition coefficient (Wildman–Crippen LogP) is 6.12. The van der Waals surface area contributed by atoms with E-state index in [2.05, 4.69) is 4.98 Å². The summed E-state index contributed by atoms with van der Waals surface area (Å²) in [4.78, 5) is 43.3. The van der Waals surface area contributed by atoms with Crippen LogP contribution < -0.4 is 10.2 Å². The highest BCUT2D eigenvalue weighted by atomic mass is 35.5. The van der Waals surface area contributed by atoms with Crippen molar-refractivity contribution in [2.24, 2.45) is 0 Å². The molecule has 0 atom stereocenters. The van der Waals surface area contributed by atoms with Crippen molar-refractivity contribution >= 4 is 56.1 Å². The van der Waals surface area contributed by atoms with E-state index < -0.39 is 17.4 Å². The van der Waals surface area contributed by atoms with Crippen LogP contribution in [0, 0.1) is 0 Å².